The van der Waals surface area contributed by atoms with Gasteiger partial charge in [-0.15, -0.1) is 0 Å². The van der Waals surface area contributed by atoms with Crippen LogP contribution in [0.4, 0.5) is 4.79 Å². The molecule has 0 saturated carbocycles. The molecule has 1 rings (SSSR count). The third kappa shape index (κ3) is 4.08. The zero-order valence-corrected chi connectivity index (χ0v) is 10.1. The summed E-state index contributed by atoms with van der Waals surface area (Å²) in [6.07, 6.45) is 1.93. The maximum atomic E-state index is 11.7. The highest BCUT2D eigenvalue weighted by Crippen LogP contribution is 2.16. The Balaban J connectivity index is 2.45. The van der Waals surface area contributed by atoms with Gasteiger partial charge in [-0.2, -0.15) is 0 Å². The van der Waals surface area contributed by atoms with E-state index in [0.29, 0.717) is 6.54 Å². The maximum absolute atomic E-state index is 11.7. The average Bonchev–Trinajstić information content (AvgIpc) is 2.15. The lowest BCUT2D eigenvalue weighted by atomic mass is 10.1. The maximum Gasteiger partial charge on any atom is 0.410 e. The Morgan fingerprint density at radius 1 is 1.40 bits per heavy atom. The van der Waals surface area contributed by atoms with E-state index in [1.54, 1.807) is 12.0 Å². The van der Waals surface area contributed by atoms with Crippen molar-refractivity contribution >= 4 is 6.09 Å². The number of piperidine rings is 1. The molecule has 0 aromatic heterocycles. The summed E-state index contributed by atoms with van der Waals surface area (Å²) in [6, 6.07) is 0. The molecule has 4 nitrogen and oxygen atoms in total. The number of amides is 1. The molecular formula is C11H21NO3. The van der Waals surface area contributed by atoms with Gasteiger partial charge in [-0.1, -0.05) is 0 Å². The molecule has 0 radical (unpaired) electrons. The Hall–Kier alpha value is -0.770. The molecule has 0 bridgehead atoms. The lowest BCUT2D eigenvalue weighted by Gasteiger charge is -2.33. The lowest BCUT2D eigenvalue weighted by molar-refractivity contribution is -0.00620. The van der Waals surface area contributed by atoms with Gasteiger partial charge in [-0.3, -0.25) is 0 Å². The van der Waals surface area contributed by atoms with Crippen LogP contribution < -0.4 is 0 Å². The van der Waals surface area contributed by atoms with Crippen molar-refractivity contribution in [1.29, 1.82) is 0 Å². The first-order valence-corrected chi connectivity index (χ1v) is 5.43. The van der Waals surface area contributed by atoms with Gasteiger partial charge >= 0.3 is 6.09 Å². The summed E-state index contributed by atoms with van der Waals surface area (Å²) in [5, 5.41) is 0. The number of rotatable bonds is 1. The first-order valence-electron chi connectivity index (χ1n) is 5.43. The largest absolute Gasteiger partial charge is 0.444 e. The molecule has 1 saturated heterocycles. The van der Waals surface area contributed by atoms with Gasteiger partial charge in [0.2, 0.25) is 0 Å². The van der Waals surface area contributed by atoms with Gasteiger partial charge in [0, 0.05) is 13.7 Å². The molecule has 1 aliphatic rings. The molecule has 1 atom stereocenters. The van der Waals surface area contributed by atoms with Crippen LogP contribution in [-0.2, 0) is 9.47 Å². The van der Waals surface area contributed by atoms with Crippen LogP contribution in [0.25, 0.3) is 0 Å². The van der Waals surface area contributed by atoms with E-state index in [1.807, 2.05) is 20.8 Å². The fraction of sp³-hybridized carbons (Fsp3) is 0.909. The normalized spacial score (nSPS) is 22.7. The first-order chi connectivity index (χ1) is 6.92. The minimum absolute atomic E-state index is 0.159. The number of likely N-dealkylation sites (tertiary alicyclic amines) is 1. The van der Waals surface area contributed by atoms with Gasteiger partial charge < -0.3 is 14.4 Å². The molecular weight excluding hydrogens is 194 g/mol. The molecule has 0 aromatic carbocycles. The number of ether oxygens (including phenoxy) is 2. The fourth-order valence-corrected chi connectivity index (χ4v) is 1.62. The minimum atomic E-state index is -0.420. The standard InChI is InChI=1S/C11H21NO3/c1-11(2,3)15-10(13)12-7-5-6-9(8-12)14-4/h9H,5-8H2,1-4H3/t9-/m0/s1. The molecule has 1 heterocycles. The van der Waals surface area contributed by atoms with Crippen LogP contribution in [0.5, 0.6) is 0 Å². The monoisotopic (exact) mass is 215 g/mol. The molecule has 88 valence electrons. The predicted molar refractivity (Wildman–Crippen MR) is 57.8 cm³/mol. The molecule has 1 aliphatic heterocycles. The minimum Gasteiger partial charge on any atom is -0.444 e. The first kappa shape index (κ1) is 12.3. The Morgan fingerprint density at radius 3 is 2.60 bits per heavy atom. The van der Waals surface area contributed by atoms with Crippen LogP contribution in [-0.4, -0.2) is 42.9 Å². The summed E-state index contributed by atoms with van der Waals surface area (Å²) in [7, 11) is 1.68. The van der Waals surface area contributed by atoms with Gasteiger partial charge in [0.15, 0.2) is 0 Å². The zero-order valence-electron chi connectivity index (χ0n) is 10.1. The van der Waals surface area contributed by atoms with E-state index in [4.69, 9.17) is 9.47 Å². The van der Waals surface area contributed by atoms with E-state index in [-0.39, 0.29) is 12.2 Å². The van der Waals surface area contributed by atoms with Crippen LogP contribution >= 0.6 is 0 Å². The lowest BCUT2D eigenvalue weighted by Crippen LogP contribution is -2.45. The molecule has 0 spiro atoms. The van der Waals surface area contributed by atoms with E-state index >= 15 is 0 Å². The van der Waals surface area contributed by atoms with E-state index in [2.05, 4.69) is 0 Å². The molecule has 4 heteroatoms. The number of nitrogens with zero attached hydrogens (tertiary/aromatic N) is 1. The van der Waals surface area contributed by atoms with Crippen molar-refractivity contribution in [3.05, 3.63) is 0 Å². The molecule has 1 fully saturated rings. The number of methoxy groups -OCH3 is 1. The molecule has 0 aromatic rings. The van der Waals surface area contributed by atoms with Crippen molar-refractivity contribution in [3.8, 4) is 0 Å². The molecule has 1 amide bonds. The third-order valence-electron chi connectivity index (χ3n) is 2.36. The van der Waals surface area contributed by atoms with Crippen LogP contribution in [0.1, 0.15) is 33.6 Å². The summed E-state index contributed by atoms with van der Waals surface area (Å²) in [5.74, 6) is 0. The predicted octanol–water partition coefficient (Wildman–Crippen LogP) is 2.03. The second-order valence-corrected chi connectivity index (χ2v) is 4.93. The van der Waals surface area contributed by atoms with Crippen molar-refractivity contribution in [3.63, 3.8) is 0 Å². The number of hydrogen-bond acceptors (Lipinski definition) is 3. The highest BCUT2D eigenvalue weighted by Gasteiger charge is 2.27. The zero-order chi connectivity index (χ0) is 11.5. The molecule has 15 heavy (non-hydrogen) atoms. The van der Waals surface area contributed by atoms with Crippen LogP contribution in [0.2, 0.25) is 0 Å². The Bertz CT molecular complexity index is 222. The SMILES string of the molecule is CO[C@H]1CCCN(C(=O)OC(C)(C)C)C1. The van der Waals surface area contributed by atoms with E-state index in [1.165, 1.54) is 0 Å². The van der Waals surface area contributed by atoms with Crippen molar-refractivity contribution in [2.45, 2.75) is 45.3 Å². The number of carbonyl (C=O) groups excluding carboxylic acids is 1. The van der Waals surface area contributed by atoms with Gasteiger partial charge in [-0.05, 0) is 33.6 Å². The summed E-state index contributed by atoms with van der Waals surface area (Å²) in [5.41, 5.74) is -0.420. The van der Waals surface area contributed by atoms with Gasteiger partial charge in [-0.25, -0.2) is 4.79 Å². The topological polar surface area (TPSA) is 38.8 Å². The van der Waals surface area contributed by atoms with Crippen molar-refractivity contribution in [1.82, 2.24) is 4.90 Å². The summed E-state index contributed by atoms with van der Waals surface area (Å²) >= 11 is 0. The van der Waals surface area contributed by atoms with E-state index in [0.717, 1.165) is 19.4 Å². The highest BCUT2D eigenvalue weighted by atomic mass is 16.6. The molecule has 0 N–H and O–H groups in total. The Morgan fingerprint density at radius 2 is 2.07 bits per heavy atom. The Labute approximate surface area is 91.5 Å². The third-order valence-corrected chi connectivity index (χ3v) is 2.36. The average molecular weight is 215 g/mol. The number of carbonyl (C=O) groups is 1. The van der Waals surface area contributed by atoms with Crippen molar-refractivity contribution < 1.29 is 14.3 Å². The highest BCUT2D eigenvalue weighted by molar-refractivity contribution is 5.68. The van der Waals surface area contributed by atoms with Gasteiger partial charge in [0.05, 0.1) is 12.6 Å². The van der Waals surface area contributed by atoms with Crippen LogP contribution in [0, 0.1) is 0 Å². The van der Waals surface area contributed by atoms with E-state index in [9.17, 15) is 4.79 Å². The second kappa shape index (κ2) is 4.84. The molecule has 0 aliphatic carbocycles. The molecule has 0 unspecified atom stereocenters. The summed E-state index contributed by atoms with van der Waals surface area (Å²) < 4.78 is 10.6. The van der Waals surface area contributed by atoms with Gasteiger partial charge in [0.25, 0.3) is 0 Å². The second-order valence-electron chi connectivity index (χ2n) is 4.93. The van der Waals surface area contributed by atoms with Crippen LogP contribution in [0.3, 0.4) is 0 Å². The van der Waals surface area contributed by atoms with Gasteiger partial charge in [0.1, 0.15) is 5.60 Å². The summed E-state index contributed by atoms with van der Waals surface area (Å²) in [6.45, 7) is 7.05. The fourth-order valence-electron chi connectivity index (χ4n) is 1.62. The Kier molecular flexibility index (Phi) is 3.97. The van der Waals surface area contributed by atoms with Crippen molar-refractivity contribution in [2.24, 2.45) is 0 Å². The van der Waals surface area contributed by atoms with E-state index < -0.39 is 5.60 Å². The van der Waals surface area contributed by atoms with Crippen molar-refractivity contribution in [2.75, 3.05) is 20.2 Å². The smallest absolute Gasteiger partial charge is 0.410 e. The quantitative estimate of drug-likeness (QED) is 0.672. The number of hydrogen-bond donors (Lipinski definition) is 0. The van der Waals surface area contributed by atoms with Crippen LogP contribution in [0.15, 0.2) is 0 Å². The summed E-state index contributed by atoms with van der Waals surface area (Å²) in [4.78, 5) is 13.4.